The number of hydrogen-bond donors (Lipinski definition) is 3. The summed E-state index contributed by atoms with van der Waals surface area (Å²) < 4.78 is 0.703. The Morgan fingerprint density at radius 2 is 2.29 bits per heavy atom. The van der Waals surface area contributed by atoms with Crippen molar-refractivity contribution in [2.45, 2.75) is 0 Å². The van der Waals surface area contributed by atoms with E-state index in [1.807, 2.05) is 0 Å². The fourth-order valence-corrected chi connectivity index (χ4v) is 1.21. The number of H-pyrrole nitrogens is 2. The number of nitrogens with one attached hydrogen (secondary N) is 3. The number of halogens is 1. The van der Waals surface area contributed by atoms with Crippen molar-refractivity contribution in [3.63, 3.8) is 0 Å². The Bertz CT molecular complexity index is 435. The van der Waals surface area contributed by atoms with Gasteiger partial charge >= 0.3 is 0 Å². The smallest absolute Gasteiger partial charge is 0.260 e. The van der Waals surface area contributed by atoms with Crippen molar-refractivity contribution in [1.82, 2.24) is 20.4 Å². The molecule has 6 nitrogen and oxygen atoms in total. The minimum absolute atomic E-state index is 0.247. The van der Waals surface area contributed by atoms with E-state index in [9.17, 15) is 4.79 Å². The molecular formula is C7H6BrN5O. The van der Waals surface area contributed by atoms with Crippen LogP contribution in [0.25, 0.3) is 0 Å². The number of amides is 1. The molecule has 0 bridgehead atoms. The van der Waals surface area contributed by atoms with Gasteiger partial charge in [0.2, 0.25) is 0 Å². The van der Waals surface area contributed by atoms with Crippen molar-refractivity contribution in [3.05, 3.63) is 28.6 Å². The predicted octanol–water partition coefficient (Wildman–Crippen LogP) is 1.15. The van der Waals surface area contributed by atoms with Crippen molar-refractivity contribution >= 4 is 27.7 Å². The van der Waals surface area contributed by atoms with Crippen LogP contribution in [0.3, 0.4) is 0 Å². The van der Waals surface area contributed by atoms with Gasteiger partial charge in [0.05, 0.1) is 22.4 Å². The van der Waals surface area contributed by atoms with Gasteiger partial charge in [0, 0.05) is 6.20 Å². The van der Waals surface area contributed by atoms with E-state index in [-0.39, 0.29) is 5.91 Å². The van der Waals surface area contributed by atoms with Gasteiger partial charge in [-0.2, -0.15) is 10.2 Å². The molecule has 0 saturated carbocycles. The van der Waals surface area contributed by atoms with Crippen LogP contribution >= 0.6 is 15.9 Å². The zero-order valence-electron chi connectivity index (χ0n) is 6.91. The molecule has 0 saturated heterocycles. The molecule has 2 aromatic heterocycles. The Morgan fingerprint density at radius 3 is 2.86 bits per heavy atom. The lowest BCUT2D eigenvalue weighted by atomic mass is 10.3. The van der Waals surface area contributed by atoms with E-state index in [2.05, 4.69) is 41.6 Å². The maximum Gasteiger partial charge on any atom is 0.260 e. The van der Waals surface area contributed by atoms with Crippen molar-refractivity contribution in [2.24, 2.45) is 0 Å². The van der Waals surface area contributed by atoms with Crippen LogP contribution in [-0.2, 0) is 0 Å². The van der Waals surface area contributed by atoms with E-state index in [1.165, 1.54) is 12.4 Å². The quantitative estimate of drug-likeness (QED) is 0.753. The Labute approximate surface area is 87.2 Å². The molecule has 0 aliphatic carbocycles. The Morgan fingerprint density at radius 1 is 1.43 bits per heavy atom. The first-order valence-electron chi connectivity index (χ1n) is 3.76. The fourth-order valence-electron chi connectivity index (χ4n) is 0.920. The molecular weight excluding hydrogens is 250 g/mol. The lowest BCUT2D eigenvalue weighted by Gasteiger charge is -1.99. The number of anilines is 1. The number of nitrogens with zero attached hydrogens (tertiary/aromatic N) is 2. The van der Waals surface area contributed by atoms with Gasteiger partial charge < -0.3 is 5.32 Å². The van der Waals surface area contributed by atoms with Crippen molar-refractivity contribution in [1.29, 1.82) is 0 Å². The Balaban J connectivity index is 2.13. The van der Waals surface area contributed by atoms with E-state index >= 15 is 0 Å². The van der Waals surface area contributed by atoms with Crippen molar-refractivity contribution < 1.29 is 4.79 Å². The van der Waals surface area contributed by atoms with Gasteiger partial charge in [-0.25, -0.2) is 0 Å². The maximum atomic E-state index is 11.5. The lowest BCUT2D eigenvalue weighted by Crippen LogP contribution is -2.11. The number of carbonyl (C=O) groups is 1. The summed E-state index contributed by atoms with van der Waals surface area (Å²) in [4.78, 5) is 11.5. The third-order valence-corrected chi connectivity index (χ3v) is 2.19. The summed E-state index contributed by atoms with van der Waals surface area (Å²) in [6.07, 6.45) is 4.52. The molecule has 0 unspecified atom stereocenters. The van der Waals surface area contributed by atoms with E-state index < -0.39 is 0 Å². The highest BCUT2D eigenvalue weighted by Crippen LogP contribution is 2.18. The summed E-state index contributed by atoms with van der Waals surface area (Å²) in [5.41, 5.74) is 0.464. The third-order valence-electron chi connectivity index (χ3n) is 1.59. The molecule has 0 spiro atoms. The predicted molar refractivity (Wildman–Crippen MR) is 52.8 cm³/mol. The molecule has 14 heavy (non-hydrogen) atoms. The highest BCUT2D eigenvalue weighted by atomic mass is 79.9. The zero-order valence-corrected chi connectivity index (χ0v) is 8.50. The molecule has 2 rings (SSSR count). The van der Waals surface area contributed by atoms with Crippen LogP contribution in [0.2, 0.25) is 0 Å². The second-order valence-corrected chi connectivity index (χ2v) is 3.39. The van der Waals surface area contributed by atoms with Gasteiger partial charge in [0.1, 0.15) is 5.82 Å². The molecule has 0 aliphatic rings. The van der Waals surface area contributed by atoms with Gasteiger partial charge in [0.15, 0.2) is 0 Å². The largest absolute Gasteiger partial charge is 0.306 e. The molecule has 7 heteroatoms. The zero-order chi connectivity index (χ0) is 9.97. The first-order chi connectivity index (χ1) is 6.77. The highest BCUT2D eigenvalue weighted by Gasteiger charge is 2.09. The number of aromatic nitrogens is 4. The maximum absolute atomic E-state index is 11.5. The van der Waals surface area contributed by atoms with E-state index in [1.54, 1.807) is 6.20 Å². The van der Waals surface area contributed by atoms with E-state index in [0.717, 1.165) is 0 Å². The van der Waals surface area contributed by atoms with Crippen LogP contribution in [0.15, 0.2) is 23.1 Å². The molecule has 2 aromatic rings. The monoisotopic (exact) mass is 255 g/mol. The van der Waals surface area contributed by atoms with Crippen LogP contribution in [0.1, 0.15) is 10.4 Å². The highest BCUT2D eigenvalue weighted by molar-refractivity contribution is 9.10. The van der Waals surface area contributed by atoms with E-state index in [0.29, 0.717) is 15.9 Å². The fraction of sp³-hybridized carbons (Fsp3) is 0. The van der Waals surface area contributed by atoms with E-state index in [4.69, 9.17) is 0 Å². The minimum atomic E-state index is -0.247. The van der Waals surface area contributed by atoms with Crippen LogP contribution in [-0.4, -0.2) is 26.3 Å². The van der Waals surface area contributed by atoms with Crippen LogP contribution in [0.5, 0.6) is 0 Å². The third kappa shape index (κ3) is 1.67. The van der Waals surface area contributed by atoms with Gasteiger partial charge in [-0.1, -0.05) is 0 Å². The molecule has 3 N–H and O–H groups in total. The van der Waals surface area contributed by atoms with Gasteiger partial charge in [-0.15, -0.1) is 0 Å². The summed E-state index contributed by atoms with van der Waals surface area (Å²) in [6, 6.07) is 0. The first-order valence-corrected chi connectivity index (χ1v) is 4.55. The van der Waals surface area contributed by atoms with Crippen LogP contribution in [0, 0.1) is 0 Å². The molecule has 0 aliphatic heterocycles. The Kier molecular flexibility index (Phi) is 2.32. The summed E-state index contributed by atoms with van der Waals surface area (Å²) in [6.45, 7) is 0. The lowest BCUT2D eigenvalue weighted by molar-refractivity contribution is 0.102. The normalized spacial score (nSPS) is 10.1. The van der Waals surface area contributed by atoms with Crippen LogP contribution < -0.4 is 5.32 Å². The molecule has 1 amide bonds. The molecule has 0 atom stereocenters. The molecule has 72 valence electrons. The molecule has 0 aromatic carbocycles. The number of carbonyl (C=O) groups excluding carboxylic acids is 1. The average molecular weight is 256 g/mol. The summed E-state index contributed by atoms with van der Waals surface area (Å²) in [5, 5.41) is 15.2. The summed E-state index contributed by atoms with van der Waals surface area (Å²) in [7, 11) is 0. The number of hydrogen-bond acceptors (Lipinski definition) is 3. The topological polar surface area (TPSA) is 86.5 Å². The van der Waals surface area contributed by atoms with Gasteiger partial charge in [-0.05, 0) is 15.9 Å². The second-order valence-electron chi connectivity index (χ2n) is 2.53. The summed E-state index contributed by atoms with van der Waals surface area (Å²) in [5.74, 6) is 0.278. The van der Waals surface area contributed by atoms with Gasteiger partial charge in [0.25, 0.3) is 5.91 Å². The molecule has 0 fully saturated rings. The summed E-state index contributed by atoms with van der Waals surface area (Å²) >= 11 is 3.23. The first kappa shape index (κ1) is 8.95. The number of aromatic amines is 2. The second kappa shape index (κ2) is 3.62. The average Bonchev–Trinajstić information content (AvgIpc) is 2.77. The Hall–Kier alpha value is -1.63. The number of rotatable bonds is 2. The van der Waals surface area contributed by atoms with Crippen LogP contribution in [0.4, 0.5) is 5.82 Å². The standard InChI is InChI=1S/C7H6BrN5O/c8-5-3-11-13-6(5)12-7(14)4-1-9-10-2-4/h1-3H,(H,9,10)(H2,11,12,13,14). The SMILES string of the molecule is O=C(Nc1[nH]ncc1Br)c1cn[nH]c1. The molecule has 0 radical (unpaired) electrons. The minimum Gasteiger partial charge on any atom is -0.306 e. The molecule has 2 heterocycles. The van der Waals surface area contributed by atoms with Crippen molar-refractivity contribution in [2.75, 3.05) is 5.32 Å². The van der Waals surface area contributed by atoms with Gasteiger partial charge in [-0.3, -0.25) is 15.0 Å². The van der Waals surface area contributed by atoms with Crippen molar-refractivity contribution in [3.8, 4) is 0 Å².